The second-order valence-electron chi connectivity index (χ2n) is 6.48. The number of hydrogen-bond acceptors (Lipinski definition) is 7. The molecule has 0 saturated carbocycles. The summed E-state index contributed by atoms with van der Waals surface area (Å²) in [4.78, 5) is 41.5. The van der Waals surface area contributed by atoms with E-state index in [1.165, 1.54) is 26.2 Å². The number of rotatable bonds is 7. The summed E-state index contributed by atoms with van der Waals surface area (Å²) >= 11 is 0. The zero-order valence-electron chi connectivity index (χ0n) is 16.8. The van der Waals surface area contributed by atoms with E-state index in [1.807, 2.05) is 0 Å². The van der Waals surface area contributed by atoms with Gasteiger partial charge in [0, 0.05) is 0 Å². The lowest BCUT2D eigenvalue weighted by Gasteiger charge is -2.49. The van der Waals surface area contributed by atoms with Crippen molar-refractivity contribution >= 4 is 17.9 Å². The predicted molar refractivity (Wildman–Crippen MR) is 101 cm³/mol. The topological polar surface area (TPSA) is 123 Å². The van der Waals surface area contributed by atoms with Gasteiger partial charge in [-0.05, 0) is 38.5 Å². The average molecular weight is 405 g/mol. The fraction of sp³-hybridized carbons (Fsp3) is 0.400. The van der Waals surface area contributed by atoms with Crippen molar-refractivity contribution in [2.24, 2.45) is 5.92 Å². The molecule has 2 rings (SSSR count). The number of ether oxygens (including phenoxy) is 2. The summed E-state index contributed by atoms with van der Waals surface area (Å²) in [5.74, 6) is -2.09. The summed E-state index contributed by atoms with van der Waals surface area (Å²) in [6, 6.07) is 4.78. The number of aliphatic carboxylic acids is 2. The van der Waals surface area contributed by atoms with Gasteiger partial charge < -0.3 is 19.7 Å². The molecule has 9 heteroatoms. The van der Waals surface area contributed by atoms with E-state index in [0.717, 1.165) is 0 Å². The molecule has 1 heterocycles. The average Bonchev–Trinajstić information content (AvgIpc) is 2.69. The van der Waals surface area contributed by atoms with Gasteiger partial charge in [-0.2, -0.15) is 0 Å². The van der Waals surface area contributed by atoms with Gasteiger partial charge in [-0.25, -0.2) is 14.7 Å². The molecule has 1 aliphatic heterocycles. The van der Waals surface area contributed by atoms with E-state index in [1.54, 1.807) is 38.0 Å². The van der Waals surface area contributed by atoms with E-state index in [4.69, 9.17) is 14.3 Å². The monoisotopic (exact) mass is 405 g/mol. The molecule has 0 radical (unpaired) electrons. The number of carbonyl (C=O) groups excluding carboxylic acids is 1. The van der Waals surface area contributed by atoms with Crippen LogP contribution in [0.2, 0.25) is 0 Å². The maximum atomic E-state index is 12.3. The Balaban J connectivity index is 2.92. The number of hydrogen-bond donors (Lipinski definition) is 2. The summed E-state index contributed by atoms with van der Waals surface area (Å²) in [6.07, 6.45) is 0. The molecular weight excluding hydrogens is 382 g/mol. The van der Waals surface area contributed by atoms with Gasteiger partial charge in [0.15, 0.2) is 11.5 Å². The van der Waals surface area contributed by atoms with Gasteiger partial charge in [-0.3, -0.25) is 9.63 Å². The highest BCUT2D eigenvalue weighted by atomic mass is 16.7. The van der Waals surface area contributed by atoms with Crippen molar-refractivity contribution in [2.75, 3.05) is 20.8 Å². The molecule has 29 heavy (non-hydrogen) atoms. The molecule has 0 amide bonds. The number of nitrogens with zero attached hydrogens (tertiary/aromatic N) is 1. The lowest BCUT2D eigenvalue weighted by atomic mass is 9.70. The third-order valence-corrected chi connectivity index (χ3v) is 5.01. The quantitative estimate of drug-likeness (QED) is 0.656. The molecular formula is C20H23NO8. The first-order chi connectivity index (χ1) is 13.7. The molecule has 0 saturated heterocycles. The smallest absolute Gasteiger partial charge is 0.338 e. The lowest BCUT2D eigenvalue weighted by molar-refractivity contribution is -0.214. The second-order valence-corrected chi connectivity index (χ2v) is 6.48. The summed E-state index contributed by atoms with van der Waals surface area (Å²) in [7, 11) is 2.90. The number of hydroxylamine groups is 2. The normalized spacial score (nSPS) is 21.6. The highest BCUT2D eigenvalue weighted by Crippen LogP contribution is 2.49. The molecule has 1 aliphatic rings. The number of carboxylic acids is 2. The minimum Gasteiger partial charge on any atom is -0.493 e. The standard InChI is InChI=1S/C20H23NO8/c1-6-29-21-11(2)16(18(23)24)13(10-22)17(19(25)26)20(21,3)12-7-8-14(27-4)15(9-12)28-5/h7-9,17H,6H2,1-5H3,(H,23,24)(H,25,26). The van der Waals surface area contributed by atoms with E-state index in [0.29, 0.717) is 17.1 Å². The molecule has 156 valence electrons. The Morgan fingerprint density at radius 1 is 1.21 bits per heavy atom. The van der Waals surface area contributed by atoms with Crippen LogP contribution in [0.3, 0.4) is 0 Å². The molecule has 1 aromatic carbocycles. The molecule has 0 aliphatic carbocycles. The molecule has 2 atom stereocenters. The van der Waals surface area contributed by atoms with Gasteiger partial charge in [0.05, 0.1) is 37.7 Å². The van der Waals surface area contributed by atoms with Gasteiger partial charge in [0.25, 0.3) is 0 Å². The van der Waals surface area contributed by atoms with E-state index >= 15 is 0 Å². The van der Waals surface area contributed by atoms with E-state index in [-0.39, 0.29) is 12.3 Å². The van der Waals surface area contributed by atoms with Gasteiger partial charge in [0.1, 0.15) is 17.4 Å². The van der Waals surface area contributed by atoms with Crippen LogP contribution >= 0.6 is 0 Å². The summed E-state index contributed by atoms with van der Waals surface area (Å²) in [5, 5.41) is 20.8. The summed E-state index contributed by atoms with van der Waals surface area (Å²) in [6.45, 7) is 4.83. The molecule has 0 spiro atoms. The van der Waals surface area contributed by atoms with Crippen molar-refractivity contribution in [3.05, 3.63) is 40.6 Å². The lowest BCUT2D eigenvalue weighted by Crippen LogP contribution is -2.55. The first-order valence-corrected chi connectivity index (χ1v) is 8.76. The first-order valence-electron chi connectivity index (χ1n) is 8.76. The SMILES string of the molecule is CCON1C(C)=C(C(=O)O)C(=C=O)C(C(=O)O)C1(C)c1ccc(OC)c(OC)c1. The van der Waals surface area contributed by atoms with Gasteiger partial charge in [0.2, 0.25) is 0 Å². The number of allylic oxidation sites excluding steroid dienone is 1. The second kappa shape index (κ2) is 8.38. The number of carboxylic acid groups (broad SMARTS) is 2. The third-order valence-electron chi connectivity index (χ3n) is 5.01. The molecule has 0 aromatic heterocycles. The first kappa shape index (κ1) is 22.0. The highest BCUT2D eigenvalue weighted by Gasteiger charge is 2.55. The molecule has 1 aromatic rings. The van der Waals surface area contributed by atoms with Crippen LogP contribution in [0.15, 0.2) is 35.0 Å². The molecule has 2 unspecified atom stereocenters. The maximum absolute atomic E-state index is 12.3. The van der Waals surface area contributed by atoms with E-state index < -0.39 is 34.5 Å². The molecule has 0 bridgehead atoms. The van der Waals surface area contributed by atoms with E-state index in [2.05, 4.69) is 0 Å². The van der Waals surface area contributed by atoms with Gasteiger partial charge >= 0.3 is 11.9 Å². The van der Waals surface area contributed by atoms with Crippen molar-refractivity contribution in [1.29, 1.82) is 0 Å². The molecule has 9 nitrogen and oxygen atoms in total. The minimum absolute atomic E-state index is 0.0903. The Bertz CT molecular complexity index is 915. The predicted octanol–water partition coefficient (Wildman–Crippen LogP) is 2.00. The van der Waals surface area contributed by atoms with Crippen LogP contribution < -0.4 is 9.47 Å². The van der Waals surface area contributed by atoms with Crippen LogP contribution in [0.5, 0.6) is 11.5 Å². The zero-order valence-corrected chi connectivity index (χ0v) is 16.8. The van der Waals surface area contributed by atoms with Crippen LogP contribution in [-0.2, 0) is 24.8 Å². The van der Waals surface area contributed by atoms with Crippen molar-refractivity contribution in [1.82, 2.24) is 5.06 Å². The Morgan fingerprint density at radius 2 is 1.83 bits per heavy atom. The van der Waals surface area contributed by atoms with Crippen molar-refractivity contribution < 1.29 is 38.9 Å². The van der Waals surface area contributed by atoms with Crippen LogP contribution in [0, 0.1) is 5.92 Å². The van der Waals surface area contributed by atoms with Crippen molar-refractivity contribution in [3.8, 4) is 11.5 Å². The van der Waals surface area contributed by atoms with Crippen LogP contribution in [0.25, 0.3) is 0 Å². The fourth-order valence-electron chi connectivity index (χ4n) is 3.73. The maximum Gasteiger partial charge on any atom is 0.338 e. The fourth-order valence-corrected chi connectivity index (χ4v) is 3.73. The summed E-state index contributed by atoms with van der Waals surface area (Å²) in [5.41, 5.74) is -1.87. The minimum atomic E-state index is -1.57. The Labute approximate surface area is 167 Å². The molecule has 0 fully saturated rings. The summed E-state index contributed by atoms with van der Waals surface area (Å²) < 4.78 is 10.6. The van der Waals surface area contributed by atoms with E-state index in [9.17, 15) is 24.6 Å². The third kappa shape index (κ3) is 3.46. The van der Waals surface area contributed by atoms with Crippen LogP contribution in [0.4, 0.5) is 0 Å². The Hall–Kier alpha value is -3.29. The molecule has 2 N–H and O–H groups in total. The number of benzene rings is 1. The van der Waals surface area contributed by atoms with Gasteiger partial charge in [-0.15, -0.1) is 0 Å². The largest absolute Gasteiger partial charge is 0.493 e. The Morgan fingerprint density at radius 3 is 2.28 bits per heavy atom. The van der Waals surface area contributed by atoms with Crippen LogP contribution in [-0.4, -0.2) is 54.0 Å². The number of methoxy groups -OCH3 is 2. The number of carbonyl (C=O) groups is 2. The zero-order chi connectivity index (χ0) is 21.9. The van der Waals surface area contributed by atoms with Crippen molar-refractivity contribution in [2.45, 2.75) is 26.3 Å². The van der Waals surface area contributed by atoms with Gasteiger partial charge in [-0.1, -0.05) is 6.07 Å². The highest BCUT2D eigenvalue weighted by molar-refractivity contribution is 6.00. The van der Waals surface area contributed by atoms with Crippen molar-refractivity contribution in [3.63, 3.8) is 0 Å². The Kier molecular flexibility index (Phi) is 6.36. The van der Waals surface area contributed by atoms with Crippen LogP contribution in [0.1, 0.15) is 26.3 Å².